The second-order valence-electron chi connectivity index (χ2n) is 5.17. The van der Waals surface area contributed by atoms with Crippen molar-refractivity contribution in [1.29, 1.82) is 0 Å². The van der Waals surface area contributed by atoms with Crippen LogP contribution in [0.5, 0.6) is 0 Å². The monoisotopic (exact) mass is 286 g/mol. The van der Waals surface area contributed by atoms with Gasteiger partial charge in [-0.05, 0) is 26.7 Å². The Bertz CT molecular complexity index is 402. The second kappa shape index (κ2) is 6.56. The van der Waals surface area contributed by atoms with E-state index in [9.17, 15) is 9.59 Å². The van der Waals surface area contributed by atoms with E-state index in [0.717, 1.165) is 0 Å². The third-order valence-electron chi connectivity index (χ3n) is 3.56. The molecule has 0 unspecified atom stereocenters. The van der Waals surface area contributed by atoms with Crippen molar-refractivity contribution in [2.75, 3.05) is 19.8 Å². The summed E-state index contributed by atoms with van der Waals surface area (Å²) >= 11 is 0. The van der Waals surface area contributed by atoms with Crippen LogP contribution in [-0.4, -0.2) is 53.6 Å². The largest absolute Gasteiger partial charge is 0.409 e. The minimum atomic E-state index is -1.13. The first-order valence-corrected chi connectivity index (χ1v) is 6.50. The number of carbonyl (C=O) groups excluding carboxylic acids is 2. The van der Waals surface area contributed by atoms with E-state index in [1.165, 1.54) is 4.90 Å². The van der Waals surface area contributed by atoms with Gasteiger partial charge in [-0.25, -0.2) is 0 Å². The molecule has 0 aromatic heterocycles. The van der Waals surface area contributed by atoms with E-state index in [-0.39, 0.29) is 24.3 Å². The first-order chi connectivity index (χ1) is 9.35. The van der Waals surface area contributed by atoms with Gasteiger partial charge in [0.1, 0.15) is 5.41 Å². The number of carbonyl (C=O) groups is 2. The average molecular weight is 286 g/mol. The Kier molecular flexibility index (Phi) is 5.32. The highest BCUT2D eigenvalue weighted by molar-refractivity contribution is 6.07. The van der Waals surface area contributed by atoms with Crippen LogP contribution >= 0.6 is 0 Å². The van der Waals surface area contributed by atoms with E-state index in [0.29, 0.717) is 26.1 Å². The smallest absolute Gasteiger partial charge is 0.237 e. The molecule has 5 N–H and O–H groups in total. The van der Waals surface area contributed by atoms with Gasteiger partial charge in [0, 0.05) is 19.3 Å². The van der Waals surface area contributed by atoms with Crippen molar-refractivity contribution in [3.8, 4) is 0 Å². The van der Waals surface area contributed by atoms with Crippen molar-refractivity contribution in [3.05, 3.63) is 0 Å². The van der Waals surface area contributed by atoms with Crippen molar-refractivity contribution in [2.24, 2.45) is 22.0 Å². The molecule has 0 aromatic carbocycles. The third-order valence-corrected chi connectivity index (χ3v) is 3.56. The SMILES string of the molecule is CC(C)N(CC(N)=O)C(=O)C1(C(N)=NO)CCOCC1. The van der Waals surface area contributed by atoms with Crippen LogP contribution in [0.2, 0.25) is 0 Å². The third kappa shape index (κ3) is 3.19. The molecule has 1 rings (SSSR count). The van der Waals surface area contributed by atoms with Crippen LogP contribution in [-0.2, 0) is 14.3 Å². The quantitative estimate of drug-likeness (QED) is 0.265. The Morgan fingerprint density at radius 2 is 1.90 bits per heavy atom. The van der Waals surface area contributed by atoms with E-state index in [1.807, 2.05) is 0 Å². The second-order valence-corrected chi connectivity index (χ2v) is 5.17. The summed E-state index contributed by atoms with van der Waals surface area (Å²) in [6.45, 7) is 4.03. The van der Waals surface area contributed by atoms with E-state index >= 15 is 0 Å². The highest BCUT2D eigenvalue weighted by Gasteiger charge is 2.47. The van der Waals surface area contributed by atoms with Crippen molar-refractivity contribution >= 4 is 17.6 Å². The molecule has 0 atom stereocenters. The highest BCUT2D eigenvalue weighted by atomic mass is 16.5. The number of amidine groups is 1. The Balaban J connectivity index is 3.11. The molecule has 8 heteroatoms. The fraction of sp³-hybridized carbons (Fsp3) is 0.750. The van der Waals surface area contributed by atoms with Crippen LogP contribution in [0, 0.1) is 5.41 Å². The normalized spacial score (nSPS) is 18.9. The number of rotatable bonds is 5. The van der Waals surface area contributed by atoms with Crippen molar-refractivity contribution < 1.29 is 19.5 Å². The lowest BCUT2D eigenvalue weighted by molar-refractivity contribution is -0.146. The zero-order chi connectivity index (χ0) is 15.3. The van der Waals surface area contributed by atoms with Crippen LogP contribution in [0.3, 0.4) is 0 Å². The first kappa shape index (κ1) is 16.2. The maximum atomic E-state index is 12.8. The topological polar surface area (TPSA) is 131 Å². The number of hydrogen-bond acceptors (Lipinski definition) is 5. The molecule has 0 radical (unpaired) electrons. The molecular formula is C12H22N4O4. The minimum absolute atomic E-state index is 0.152. The van der Waals surface area contributed by atoms with Gasteiger partial charge in [-0.3, -0.25) is 9.59 Å². The van der Waals surface area contributed by atoms with E-state index in [1.54, 1.807) is 13.8 Å². The van der Waals surface area contributed by atoms with Crippen LogP contribution < -0.4 is 11.5 Å². The van der Waals surface area contributed by atoms with Crippen LogP contribution in [0.15, 0.2) is 5.16 Å². The summed E-state index contributed by atoms with van der Waals surface area (Å²) in [6.07, 6.45) is 0.618. The summed E-state index contributed by atoms with van der Waals surface area (Å²) in [5.41, 5.74) is 9.78. The van der Waals surface area contributed by atoms with Crippen molar-refractivity contribution in [1.82, 2.24) is 4.90 Å². The molecule has 1 aliphatic rings. The Hall–Kier alpha value is -1.83. The van der Waals surface area contributed by atoms with Crippen LogP contribution in [0.25, 0.3) is 0 Å². The molecule has 0 bridgehead atoms. The van der Waals surface area contributed by atoms with E-state index in [2.05, 4.69) is 5.16 Å². The predicted molar refractivity (Wildman–Crippen MR) is 71.9 cm³/mol. The molecule has 1 aliphatic heterocycles. The van der Waals surface area contributed by atoms with Crippen LogP contribution in [0.4, 0.5) is 0 Å². The molecular weight excluding hydrogens is 264 g/mol. The van der Waals surface area contributed by atoms with Gasteiger partial charge in [-0.15, -0.1) is 0 Å². The lowest BCUT2D eigenvalue weighted by atomic mass is 9.77. The van der Waals surface area contributed by atoms with Gasteiger partial charge in [-0.2, -0.15) is 0 Å². The lowest BCUT2D eigenvalue weighted by Gasteiger charge is -2.39. The van der Waals surface area contributed by atoms with Crippen molar-refractivity contribution in [2.45, 2.75) is 32.7 Å². The molecule has 8 nitrogen and oxygen atoms in total. The highest BCUT2D eigenvalue weighted by Crippen LogP contribution is 2.33. The predicted octanol–water partition coefficient (Wildman–Crippen LogP) is -0.748. The molecule has 1 saturated heterocycles. The molecule has 1 fully saturated rings. The van der Waals surface area contributed by atoms with Gasteiger partial charge in [0.25, 0.3) is 0 Å². The zero-order valence-corrected chi connectivity index (χ0v) is 11.8. The number of primary amides is 1. The van der Waals surface area contributed by atoms with Gasteiger partial charge < -0.3 is 26.3 Å². The first-order valence-electron chi connectivity index (χ1n) is 6.50. The van der Waals surface area contributed by atoms with Crippen LogP contribution in [0.1, 0.15) is 26.7 Å². The molecule has 2 amide bonds. The Labute approximate surface area is 117 Å². The fourth-order valence-electron chi connectivity index (χ4n) is 2.33. The number of oxime groups is 1. The van der Waals surface area contributed by atoms with E-state index in [4.69, 9.17) is 21.4 Å². The summed E-state index contributed by atoms with van der Waals surface area (Å²) in [5.74, 6) is -1.11. The molecule has 0 aromatic rings. The van der Waals surface area contributed by atoms with Gasteiger partial charge in [0.15, 0.2) is 5.84 Å². The molecule has 1 heterocycles. The number of nitrogens with zero attached hydrogens (tertiary/aromatic N) is 2. The summed E-state index contributed by atoms with van der Waals surface area (Å²) < 4.78 is 5.24. The molecule has 0 saturated carbocycles. The molecule has 114 valence electrons. The number of ether oxygens (including phenoxy) is 1. The number of amides is 2. The molecule has 0 aliphatic carbocycles. The zero-order valence-electron chi connectivity index (χ0n) is 11.8. The fourth-order valence-corrected chi connectivity index (χ4v) is 2.33. The van der Waals surface area contributed by atoms with E-state index < -0.39 is 11.3 Å². The standard InChI is InChI=1S/C12H22N4O4/c1-8(2)16(7-9(13)17)11(18)12(10(14)15-19)3-5-20-6-4-12/h8,19H,3-7H2,1-2H3,(H2,13,17)(H2,14,15). The maximum absolute atomic E-state index is 12.8. The Morgan fingerprint density at radius 1 is 1.35 bits per heavy atom. The number of hydrogen-bond donors (Lipinski definition) is 3. The van der Waals surface area contributed by atoms with Crippen molar-refractivity contribution in [3.63, 3.8) is 0 Å². The summed E-state index contributed by atoms with van der Waals surface area (Å²) in [6, 6.07) is -0.221. The lowest BCUT2D eigenvalue weighted by Crippen LogP contribution is -2.57. The summed E-state index contributed by atoms with van der Waals surface area (Å²) in [7, 11) is 0. The minimum Gasteiger partial charge on any atom is -0.409 e. The maximum Gasteiger partial charge on any atom is 0.237 e. The summed E-state index contributed by atoms with van der Waals surface area (Å²) in [4.78, 5) is 25.3. The average Bonchev–Trinajstić information content (AvgIpc) is 2.43. The Morgan fingerprint density at radius 3 is 2.30 bits per heavy atom. The van der Waals surface area contributed by atoms with Gasteiger partial charge >= 0.3 is 0 Å². The molecule has 20 heavy (non-hydrogen) atoms. The van der Waals surface area contributed by atoms with Gasteiger partial charge in [-0.1, -0.05) is 5.16 Å². The van der Waals surface area contributed by atoms with Gasteiger partial charge in [0.2, 0.25) is 11.8 Å². The summed E-state index contributed by atoms with van der Waals surface area (Å²) in [5, 5.41) is 12.0. The van der Waals surface area contributed by atoms with Gasteiger partial charge in [0.05, 0.1) is 6.54 Å². The molecule has 0 spiro atoms. The number of nitrogens with two attached hydrogens (primary N) is 2.